The Bertz CT molecular complexity index is 6540. The number of para-hydroxylation sites is 4. The van der Waals surface area contributed by atoms with Crippen LogP contribution in [0.25, 0.3) is 42.9 Å². The van der Waals surface area contributed by atoms with Crippen LogP contribution < -0.4 is 80.6 Å². The van der Waals surface area contributed by atoms with Crippen LogP contribution in [0.15, 0.2) is 498 Å². The second-order valence-corrected chi connectivity index (χ2v) is 43.6. The van der Waals surface area contributed by atoms with Gasteiger partial charge in [-0.3, -0.25) is 9.13 Å². The zero-order valence-electron chi connectivity index (χ0n) is 75.1. The monoisotopic (exact) mass is 2040 g/mol. The van der Waals surface area contributed by atoms with Crippen molar-refractivity contribution in [2.24, 2.45) is 21.5 Å². The van der Waals surface area contributed by atoms with Gasteiger partial charge in [0.05, 0.1) is 35.2 Å². The fourth-order valence-electron chi connectivity index (χ4n) is 16.1. The third kappa shape index (κ3) is 25.1. The summed E-state index contributed by atoms with van der Waals surface area (Å²) in [6.45, 7) is 18.1. The molecule has 4 aromatic heterocycles. The van der Waals surface area contributed by atoms with Gasteiger partial charge in [0.25, 0.3) is 0 Å². The van der Waals surface area contributed by atoms with Crippen LogP contribution in [0.5, 0.6) is 0 Å². The van der Waals surface area contributed by atoms with Crippen molar-refractivity contribution in [3.63, 3.8) is 0 Å². The zero-order chi connectivity index (χ0) is 93.8. The Morgan fingerprint density at radius 1 is 0.321 bits per heavy atom. The van der Waals surface area contributed by atoms with Crippen molar-refractivity contribution >= 4 is 192 Å². The number of halogens is 1. The number of aromatic nitrogens is 4. The molecule has 22 rings (SSSR count). The van der Waals surface area contributed by atoms with E-state index in [2.05, 4.69) is 426 Å². The van der Waals surface area contributed by atoms with Gasteiger partial charge in [0.1, 0.15) is 22.7 Å². The molecule has 137 heavy (non-hydrogen) atoms. The van der Waals surface area contributed by atoms with Crippen molar-refractivity contribution < 1.29 is 30.5 Å². The molecule has 674 valence electrons. The van der Waals surface area contributed by atoms with Gasteiger partial charge >= 0.3 is 7.12 Å². The van der Waals surface area contributed by atoms with E-state index in [4.69, 9.17) is 54.6 Å². The largest absolute Gasteiger partial charge is 0.487 e. The first-order valence-electron chi connectivity index (χ1n) is 44.3. The first kappa shape index (κ1) is 98.1. The first-order chi connectivity index (χ1) is 66.7. The summed E-state index contributed by atoms with van der Waals surface area (Å²) in [5, 5.41) is 38.4. The van der Waals surface area contributed by atoms with Gasteiger partial charge < -0.3 is 21.5 Å². The zero-order valence-corrected chi connectivity index (χ0v) is 83.5. The van der Waals surface area contributed by atoms with Crippen molar-refractivity contribution in [3.8, 4) is 11.1 Å². The van der Waals surface area contributed by atoms with Crippen LogP contribution in [-0.2, 0) is 44.3 Å². The van der Waals surface area contributed by atoms with Crippen LogP contribution in [0.4, 0.5) is 11.4 Å². The van der Waals surface area contributed by atoms with E-state index >= 15 is 0 Å². The van der Waals surface area contributed by atoms with E-state index in [-0.39, 0.29) is 26.0 Å². The van der Waals surface area contributed by atoms with E-state index < -0.39 is 44.3 Å². The number of rotatable bonds is 16. The first-order valence-corrected chi connectivity index (χ1v) is 52.2. The van der Waals surface area contributed by atoms with Gasteiger partial charge in [-0.05, 0) is 190 Å². The predicted octanol–water partition coefficient (Wildman–Crippen LogP) is 22.1. The summed E-state index contributed by atoms with van der Waals surface area (Å²) >= 11 is 6.87. The van der Waals surface area contributed by atoms with Gasteiger partial charge in [0.15, 0.2) is 11.4 Å². The van der Waals surface area contributed by atoms with Gasteiger partial charge in [-0.25, -0.2) is 29.6 Å². The van der Waals surface area contributed by atoms with E-state index in [1.165, 1.54) is 74.6 Å². The number of fused-ring (bicyclic) bond motifs is 6. The van der Waals surface area contributed by atoms with Crippen molar-refractivity contribution in [1.29, 1.82) is 0 Å². The SMILES string of the molecule is C[C@@]1(c2cc(Br)cs2)Cc2nc3ccccc3n2C(N)=N1.[C-]#[N+]c1cccc(-c2csc([C@]3(C)Cc4nc5ccccc5n4C(N)=N3)c2)c1.[C-]#[N+]c1cccc(B(O)O)c1.[Pd].c1ccc(P(c2ccccc2)c2ccccc2)cc1.c1ccc(P(c2ccccc2)c2ccccc2)cc1.c1ccc(P(c2ccccc2)c2ccccc2)cc1.c1ccc(P(c2ccccc2)c2ccccc2)cc1. The van der Waals surface area contributed by atoms with Gasteiger partial charge in [0.2, 0.25) is 11.9 Å². The molecule has 0 spiro atoms. The Morgan fingerprint density at radius 2 is 0.577 bits per heavy atom. The molecular weight excluding hydrogens is 1950 g/mol. The van der Waals surface area contributed by atoms with Gasteiger partial charge in [0, 0.05) is 52.9 Å². The molecule has 0 fully saturated rings. The molecule has 20 aromatic rings. The third-order valence-corrected chi connectivity index (χ3v) is 35.4. The average molecular weight is 2050 g/mol. The standard InChI is InChI=1S/C22H17N5S.4C18H15P.C15H13BrN4S.C7H6BNO2.Pd/c1-22(19-11-15(13-28-19)14-6-5-7-16(10-14)24-2)12-20-25-17-8-3-4-9-18(17)27(20)21(23)26-22;4*1-4-10-16(11-5-1)19(17-12-6-2-7-13-17)18-14-8-3-9-15-18;1-15(12-6-9(16)8-21-12)7-13-18-10-4-2-3-5-11(10)20(13)14(17)19-15;1-9-7-4-2-3-6(5-7)8(10)11;/h3-11,13H,12H2,1H3,(H2,23,26);4*1-15H;2-6,8H,7H2,1H3,(H2,17,19);2-5,10-11H;/t22-;;;;;15-;;/m0....0../s1. The molecule has 0 radical (unpaired) electrons. The molecule has 2 aliphatic rings. The van der Waals surface area contributed by atoms with Crippen LogP contribution in [0.1, 0.15) is 35.3 Å². The molecule has 0 aliphatic carbocycles. The maximum atomic E-state index is 8.70. The molecule has 6 N–H and O–H groups in total. The second kappa shape index (κ2) is 48.4. The number of hydrogen-bond acceptors (Lipinski definition) is 10. The molecule has 6 heterocycles. The van der Waals surface area contributed by atoms with E-state index in [0.717, 1.165) is 60.6 Å². The van der Waals surface area contributed by atoms with Crippen LogP contribution in [0.2, 0.25) is 0 Å². The molecular formula is C116H96BBrN10O2P4PdS2. The summed E-state index contributed by atoms with van der Waals surface area (Å²) in [7, 11) is -3.27. The Morgan fingerprint density at radius 3 is 0.847 bits per heavy atom. The Kier molecular flexibility index (Phi) is 34.7. The van der Waals surface area contributed by atoms with Crippen molar-refractivity contribution in [2.75, 3.05) is 0 Å². The van der Waals surface area contributed by atoms with E-state index in [1.54, 1.807) is 40.9 Å². The summed E-state index contributed by atoms with van der Waals surface area (Å²) in [4.78, 5) is 28.1. The number of imidazole rings is 2. The minimum absolute atomic E-state index is 0. The Hall–Kier alpha value is -13.4. The summed E-state index contributed by atoms with van der Waals surface area (Å²) in [5.74, 6) is 2.89. The van der Waals surface area contributed by atoms with E-state index in [1.807, 2.05) is 81.9 Å². The number of thiophene rings is 2. The van der Waals surface area contributed by atoms with Crippen LogP contribution >= 0.6 is 70.3 Å². The molecule has 2 aliphatic heterocycles. The molecule has 0 unspecified atom stereocenters. The predicted molar refractivity (Wildman–Crippen MR) is 587 cm³/mol. The minimum Gasteiger partial charge on any atom is -0.423 e. The average Bonchev–Trinajstić information content (AvgIpc) is 1.60. The summed E-state index contributed by atoms with van der Waals surface area (Å²) in [6, 6.07) is 163. The van der Waals surface area contributed by atoms with Gasteiger partial charge in [-0.15, -0.1) is 22.7 Å². The molecule has 12 nitrogen and oxygen atoms in total. The number of nitrogens with two attached hydrogens (primary N) is 2. The summed E-state index contributed by atoms with van der Waals surface area (Å²) in [6.07, 6.45) is 1.43. The molecule has 16 aromatic carbocycles. The van der Waals surface area contributed by atoms with Crippen molar-refractivity contribution in [1.82, 2.24) is 19.1 Å². The summed E-state index contributed by atoms with van der Waals surface area (Å²) in [5.41, 5.74) is 19.2. The number of hydrogen-bond donors (Lipinski definition) is 4. The normalized spacial score (nSPS) is 13.6. The second-order valence-electron chi connectivity index (χ2n) is 32.0. The maximum absolute atomic E-state index is 8.70. The topological polar surface area (TPSA) is 162 Å². The van der Waals surface area contributed by atoms with Gasteiger partial charge in [-0.1, -0.05) is 431 Å². The molecule has 21 heteroatoms. The molecule has 0 amide bonds. The summed E-state index contributed by atoms with van der Waals surface area (Å²) < 4.78 is 4.99. The molecule has 0 bridgehead atoms. The number of benzene rings is 16. The van der Waals surface area contributed by atoms with Gasteiger partial charge in [-0.2, -0.15) is 0 Å². The molecule has 0 saturated carbocycles. The third-order valence-electron chi connectivity index (χ3n) is 22.5. The maximum Gasteiger partial charge on any atom is 0.487 e. The van der Waals surface area contributed by atoms with Crippen LogP contribution in [-0.4, -0.2) is 48.2 Å². The van der Waals surface area contributed by atoms with Crippen molar-refractivity contribution in [3.05, 3.63) is 533 Å². The van der Waals surface area contributed by atoms with Crippen LogP contribution in [0.3, 0.4) is 0 Å². The fraction of sp³-hybridized carbons (Fsp3) is 0.0517. The number of nitrogens with zero attached hydrogens (tertiary/aromatic N) is 8. The fourth-order valence-corrected chi connectivity index (χ4v) is 27.9. The smallest absolute Gasteiger partial charge is 0.423 e. The number of aliphatic imine (C=N–C) groups is 2. The quantitative estimate of drug-likeness (QED) is 0.0428. The molecule has 0 saturated heterocycles. The Labute approximate surface area is 837 Å². The Balaban J connectivity index is 0.000000123. The van der Waals surface area contributed by atoms with Crippen molar-refractivity contribution in [2.45, 2.75) is 37.8 Å². The minimum atomic E-state index is -1.49. The van der Waals surface area contributed by atoms with E-state index in [0.29, 0.717) is 35.2 Å². The molecule has 2 atom stereocenters. The van der Waals surface area contributed by atoms with E-state index in [9.17, 15) is 0 Å². The van der Waals surface area contributed by atoms with Crippen LogP contribution in [0, 0.1) is 13.1 Å².